The Balaban J connectivity index is 2.30. The summed E-state index contributed by atoms with van der Waals surface area (Å²) in [6.45, 7) is 2.19. The molecule has 0 aliphatic rings. The van der Waals surface area contributed by atoms with Crippen molar-refractivity contribution in [2.24, 2.45) is 0 Å². The van der Waals surface area contributed by atoms with E-state index in [1.165, 1.54) is 0 Å². The average Bonchev–Trinajstić information content (AvgIpc) is 2.80. The van der Waals surface area contributed by atoms with E-state index in [2.05, 4.69) is 4.98 Å². The molecular formula is C14H16ClNO2. The zero-order valence-corrected chi connectivity index (χ0v) is 11.1. The topological polar surface area (TPSA) is 46.3 Å². The first kappa shape index (κ1) is 13.1. The molecule has 0 fully saturated rings. The molecule has 0 aliphatic heterocycles. The van der Waals surface area contributed by atoms with E-state index in [0.29, 0.717) is 23.8 Å². The first-order chi connectivity index (χ1) is 8.74. The lowest BCUT2D eigenvalue weighted by Crippen LogP contribution is -1.89. The van der Waals surface area contributed by atoms with E-state index in [0.717, 1.165) is 23.4 Å². The molecule has 1 aromatic heterocycles. The Hall–Kier alpha value is -1.32. The monoisotopic (exact) mass is 265 g/mol. The van der Waals surface area contributed by atoms with E-state index in [1.807, 2.05) is 31.2 Å². The van der Waals surface area contributed by atoms with Crippen molar-refractivity contribution in [3.63, 3.8) is 0 Å². The second-order valence-electron chi connectivity index (χ2n) is 4.07. The molecule has 0 radical (unpaired) electrons. The number of aliphatic hydroxyl groups excluding tert-OH is 1. The summed E-state index contributed by atoms with van der Waals surface area (Å²) in [4.78, 5) is 4.50. The summed E-state index contributed by atoms with van der Waals surface area (Å²) < 4.78 is 5.70. The SMILES string of the molecule is CCc1oc(CCCO)nc1-c1ccc(Cl)cc1. The maximum Gasteiger partial charge on any atom is 0.195 e. The molecule has 0 unspecified atom stereocenters. The molecule has 0 saturated carbocycles. The van der Waals surface area contributed by atoms with Crippen molar-refractivity contribution in [1.82, 2.24) is 4.98 Å². The number of oxazole rings is 1. The van der Waals surface area contributed by atoms with Gasteiger partial charge in [-0.05, 0) is 18.6 Å². The molecule has 0 atom stereocenters. The normalized spacial score (nSPS) is 10.8. The molecule has 0 bridgehead atoms. The standard InChI is InChI=1S/C14H16ClNO2/c1-2-12-14(10-5-7-11(15)8-6-10)16-13(18-12)4-3-9-17/h5-8,17H,2-4,9H2,1H3. The first-order valence-corrected chi connectivity index (χ1v) is 6.47. The summed E-state index contributed by atoms with van der Waals surface area (Å²) in [6, 6.07) is 7.57. The van der Waals surface area contributed by atoms with Crippen LogP contribution in [0.5, 0.6) is 0 Å². The fourth-order valence-electron chi connectivity index (χ4n) is 1.81. The minimum atomic E-state index is 0.153. The first-order valence-electron chi connectivity index (χ1n) is 6.10. The van der Waals surface area contributed by atoms with Crippen LogP contribution in [-0.2, 0) is 12.8 Å². The van der Waals surface area contributed by atoms with Gasteiger partial charge in [-0.25, -0.2) is 4.98 Å². The lowest BCUT2D eigenvalue weighted by Gasteiger charge is -1.98. The van der Waals surface area contributed by atoms with E-state index in [9.17, 15) is 0 Å². The van der Waals surface area contributed by atoms with Crippen molar-refractivity contribution in [3.05, 3.63) is 40.9 Å². The smallest absolute Gasteiger partial charge is 0.195 e. The molecule has 96 valence electrons. The Morgan fingerprint density at radius 2 is 2.00 bits per heavy atom. The van der Waals surface area contributed by atoms with Crippen LogP contribution in [0.2, 0.25) is 5.02 Å². The van der Waals surface area contributed by atoms with Crippen molar-refractivity contribution in [2.45, 2.75) is 26.2 Å². The fourth-order valence-corrected chi connectivity index (χ4v) is 1.94. The summed E-state index contributed by atoms with van der Waals surface area (Å²) >= 11 is 5.87. The molecule has 0 spiro atoms. The van der Waals surface area contributed by atoms with Crippen LogP contribution >= 0.6 is 11.6 Å². The highest BCUT2D eigenvalue weighted by Crippen LogP contribution is 2.26. The van der Waals surface area contributed by atoms with Gasteiger partial charge in [0.25, 0.3) is 0 Å². The second-order valence-corrected chi connectivity index (χ2v) is 4.50. The molecule has 4 heteroatoms. The summed E-state index contributed by atoms with van der Waals surface area (Å²) in [5.74, 6) is 1.57. The Kier molecular flexibility index (Phi) is 4.39. The molecule has 0 saturated heterocycles. The van der Waals surface area contributed by atoms with E-state index in [-0.39, 0.29) is 6.61 Å². The van der Waals surface area contributed by atoms with Crippen molar-refractivity contribution < 1.29 is 9.52 Å². The molecule has 0 amide bonds. The molecule has 18 heavy (non-hydrogen) atoms. The van der Waals surface area contributed by atoms with Crippen LogP contribution in [0.25, 0.3) is 11.3 Å². The number of aliphatic hydroxyl groups is 1. The minimum absolute atomic E-state index is 0.153. The van der Waals surface area contributed by atoms with Crippen molar-refractivity contribution in [1.29, 1.82) is 0 Å². The zero-order valence-electron chi connectivity index (χ0n) is 10.3. The summed E-state index contributed by atoms with van der Waals surface area (Å²) in [5.41, 5.74) is 1.89. The Morgan fingerprint density at radius 1 is 1.28 bits per heavy atom. The van der Waals surface area contributed by atoms with Crippen molar-refractivity contribution in [2.75, 3.05) is 6.61 Å². The largest absolute Gasteiger partial charge is 0.445 e. The third-order valence-corrected chi connectivity index (χ3v) is 2.98. The van der Waals surface area contributed by atoms with Crippen LogP contribution in [0.15, 0.2) is 28.7 Å². The number of aromatic nitrogens is 1. The molecule has 0 aliphatic carbocycles. The molecule has 1 heterocycles. The van der Waals surface area contributed by atoms with Gasteiger partial charge in [0, 0.05) is 30.0 Å². The van der Waals surface area contributed by atoms with Gasteiger partial charge in [0.05, 0.1) is 0 Å². The van der Waals surface area contributed by atoms with E-state index in [1.54, 1.807) is 0 Å². The average molecular weight is 266 g/mol. The van der Waals surface area contributed by atoms with Crippen LogP contribution in [0.1, 0.15) is 25.0 Å². The van der Waals surface area contributed by atoms with Gasteiger partial charge in [-0.15, -0.1) is 0 Å². The predicted molar refractivity (Wildman–Crippen MR) is 71.7 cm³/mol. The highest BCUT2D eigenvalue weighted by Gasteiger charge is 2.13. The third kappa shape index (κ3) is 2.92. The zero-order chi connectivity index (χ0) is 13.0. The van der Waals surface area contributed by atoms with Gasteiger partial charge in [0.15, 0.2) is 5.89 Å². The number of halogens is 1. The van der Waals surface area contributed by atoms with E-state index >= 15 is 0 Å². The maximum absolute atomic E-state index is 8.82. The van der Waals surface area contributed by atoms with Gasteiger partial charge in [0.2, 0.25) is 0 Å². The van der Waals surface area contributed by atoms with Crippen LogP contribution in [0.4, 0.5) is 0 Å². The Bertz CT molecular complexity index is 505. The van der Waals surface area contributed by atoms with Crippen LogP contribution in [0, 0.1) is 0 Å². The molecule has 2 rings (SSSR count). The van der Waals surface area contributed by atoms with Crippen molar-refractivity contribution in [3.8, 4) is 11.3 Å². The summed E-state index contributed by atoms with van der Waals surface area (Å²) in [6.07, 6.45) is 2.13. The Labute approximate surface area is 111 Å². The molecular weight excluding hydrogens is 250 g/mol. The highest BCUT2D eigenvalue weighted by molar-refractivity contribution is 6.30. The summed E-state index contributed by atoms with van der Waals surface area (Å²) in [5, 5.41) is 9.53. The number of hydrogen-bond donors (Lipinski definition) is 1. The van der Waals surface area contributed by atoms with E-state index in [4.69, 9.17) is 21.1 Å². The number of aryl methyl sites for hydroxylation is 2. The molecule has 1 N–H and O–H groups in total. The molecule has 1 aromatic carbocycles. The summed E-state index contributed by atoms with van der Waals surface area (Å²) in [7, 11) is 0. The highest BCUT2D eigenvalue weighted by atomic mass is 35.5. The lowest BCUT2D eigenvalue weighted by atomic mass is 10.1. The van der Waals surface area contributed by atoms with Gasteiger partial charge in [-0.3, -0.25) is 0 Å². The minimum Gasteiger partial charge on any atom is -0.445 e. The van der Waals surface area contributed by atoms with Gasteiger partial charge < -0.3 is 9.52 Å². The van der Waals surface area contributed by atoms with Crippen molar-refractivity contribution >= 4 is 11.6 Å². The van der Waals surface area contributed by atoms with Crippen LogP contribution in [-0.4, -0.2) is 16.7 Å². The fraction of sp³-hybridized carbons (Fsp3) is 0.357. The molecule has 2 aromatic rings. The third-order valence-electron chi connectivity index (χ3n) is 2.73. The van der Waals surface area contributed by atoms with Gasteiger partial charge in [0.1, 0.15) is 11.5 Å². The maximum atomic E-state index is 8.82. The van der Waals surface area contributed by atoms with Gasteiger partial charge >= 0.3 is 0 Å². The lowest BCUT2D eigenvalue weighted by molar-refractivity contribution is 0.282. The number of nitrogens with zero attached hydrogens (tertiary/aromatic N) is 1. The van der Waals surface area contributed by atoms with Crippen LogP contribution < -0.4 is 0 Å². The quantitative estimate of drug-likeness (QED) is 0.900. The van der Waals surface area contributed by atoms with Gasteiger partial charge in [-0.1, -0.05) is 30.7 Å². The number of hydrogen-bond acceptors (Lipinski definition) is 3. The Morgan fingerprint density at radius 3 is 2.61 bits per heavy atom. The van der Waals surface area contributed by atoms with Crippen LogP contribution in [0.3, 0.4) is 0 Å². The van der Waals surface area contributed by atoms with Gasteiger partial charge in [-0.2, -0.15) is 0 Å². The second kappa shape index (κ2) is 6.03. The van der Waals surface area contributed by atoms with E-state index < -0.39 is 0 Å². The number of rotatable bonds is 5. The molecule has 3 nitrogen and oxygen atoms in total. The predicted octanol–water partition coefficient (Wildman–Crippen LogP) is 3.48. The number of benzene rings is 1.